The zero-order valence-corrected chi connectivity index (χ0v) is 12.1. The lowest BCUT2D eigenvalue weighted by Gasteiger charge is -2.06. The Kier molecular flexibility index (Phi) is 5.59. The number of anilines is 1. The molecule has 3 heteroatoms. The first-order valence-corrected chi connectivity index (χ1v) is 6.92. The summed E-state index contributed by atoms with van der Waals surface area (Å²) in [5.74, 6) is -0.270. The lowest BCUT2D eigenvalue weighted by molar-refractivity contribution is -0.140. The molecule has 0 radical (unpaired) electrons. The van der Waals surface area contributed by atoms with Gasteiger partial charge in [-0.1, -0.05) is 54.1 Å². The third-order valence-electron chi connectivity index (χ3n) is 2.94. The van der Waals surface area contributed by atoms with E-state index >= 15 is 0 Å². The lowest BCUT2D eigenvalue weighted by Crippen LogP contribution is -2.16. The molecule has 0 aliphatic carbocycles. The van der Waals surface area contributed by atoms with Crippen LogP contribution in [0.2, 0.25) is 0 Å². The number of aryl methyl sites for hydroxylation is 1. The Balaban J connectivity index is 1.68. The van der Waals surface area contributed by atoms with Gasteiger partial charge < -0.3 is 10.1 Å². The molecule has 108 valence electrons. The maximum absolute atomic E-state index is 11.6. The van der Waals surface area contributed by atoms with Crippen LogP contribution in [0.25, 0.3) is 6.08 Å². The van der Waals surface area contributed by atoms with Crippen LogP contribution in [-0.2, 0) is 9.53 Å². The van der Waals surface area contributed by atoms with Crippen molar-refractivity contribution in [2.75, 3.05) is 18.5 Å². The van der Waals surface area contributed by atoms with Crippen LogP contribution in [0.5, 0.6) is 0 Å². The van der Waals surface area contributed by atoms with Crippen molar-refractivity contribution < 1.29 is 9.53 Å². The molecule has 0 spiro atoms. The predicted octanol–water partition coefficient (Wildman–Crippen LogP) is 3.66. The number of hydrogen-bond acceptors (Lipinski definition) is 3. The largest absolute Gasteiger partial charge is 0.460 e. The summed E-state index contributed by atoms with van der Waals surface area (Å²) in [6, 6.07) is 17.8. The monoisotopic (exact) mass is 281 g/mol. The molecular weight excluding hydrogens is 262 g/mol. The highest BCUT2D eigenvalue weighted by atomic mass is 16.5. The van der Waals surface area contributed by atoms with Gasteiger partial charge in [0.2, 0.25) is 0 Å². The Morgan fingerprint density at radius 1 is 1.10 bits per heavy atom. The molecule has 0 atom stereocenters. The molecular formula is C18H19NO2. The van der Waals surface area contributed by atoms with Gasteiger partial charge in [-0.15, -0.1) is 0 Å². The lowest BCUT2D eigenvalue weighted by atomic mass is 10.2. The van der Waals surface area contributed by atoms with E-state index in [0.29, 0.717) is 0 Å². The van der Waals surface area contributed by atoms with Crippen molar-refractivity contribution in [1.29, 1.82) is 0 Å². The molecule has 0 aliphatic heterocycles. The highest BCUT2D eigenvalue weighted by molar-refractivity contribution is 5.75. The van der Waals surface area contributed by atoms with E-state index in [-0.39, 0.29) is 19.1 Å². The predicted molar refractivity (Wildman–Crippen MR) is 86.1 cm³/mol. The highest BCUT2D eigenvalue weighted by Crippen LogP contribution is 2.08. The average molecular weight is 281 g/mol. The summed E-state index contributed by atoms with van der Waals surface area (Å²) in [6.45, 7) is 2.47. The first kappa shape index (κ1) is 14.9. The van der Waals surface area contributed by atoms with E-state index in [1.54, 1.807) is 0 Å². The number of ether oxygens (including phenoxy) is 1. The first-order valence-electron chi connectivity index (χ1n) is 6.92. The summed E-state index contributed by atoms with van der Waals surface area (Å²) in [6.07, 6.45) is 3.76. The normalized spacial score (nSPS) is 10.5. The molecule has 21 heavy (non-hydrogen) atoms. The second-order valence-corrected chi connectivity index (χ2v) is 4.72. The van der Waals surface area contributed by atoms with Crippen molar-refractivity contribution in [2.24, 2.45) is 0 Å². The van der Waals surface area contributed by atoms with Crippen molar-refractivity contribution in [3.63, 3.8) is 0 Å². The molecule has 0 saturated carbocycles. The number of hydrogen-bond donors (Lipinski definition) is 1. The minimum atomic E-state index is -0.270. The maximum Gasteiger partial charge on any atom is 0.325 e. The molecule has 0 fully saturated rings. The van der Waals surface area contributed by atoms with Crippen molar-refractivity contribution >= 4 is 17.7 Å². The Bertz CT molecular complexity index is 588. The van der Waals surface area contributed by atoms with Crippen molar-refractivity contribution in [3.8, 4) is 0 Å². The van der Waals surface area contributed by atoms with Crippen LogP contribution in [0.4, 0.5) is 5.69 Å². The molecule has 2 rings (SSSR count). The fourth-order valence-electron chi connectivity index (χ4n) is 1.79. The van der Waals surface area contributed by atoms with E-state index in [0.717, 1.165) is 11.3 Å². The molecule has 0 bridgehead atoms. The molecule has 0 aromatic heterocycles. The van der Waals surface area contributed by atoms with Crippen molar-refractivity contribution in [3.05, 3.63) is 71.8 Å². The van der Waals surface area contributed by atoms with E-state index in [9.17, 15) is 4.79 Å². The minimum absolute atomic E-state index is 0.169. The number of nitrogens with one attached hydrogen (secondary N) is 1. The van der Waals surface area contributed by atoms with Crippen LogP contribution < -0.4 is 5.32 Å². The van der Waals surface area contributed by atoms with Gasteiger partial charge in [-0.3, -0.25) is 4.79 Å². The summed E-state index contributed by atoms with van der Waals surface area (Å²) < 4.78 is 5.12. The maximum atomic E-state index is 11.6. The zero-order valence-electron chi connectivity index (χ0n) is 12.1. The molecule has 2 aromatic carbocycles. The van der Waals surface area contributed by atoms with Crippen LogP contribution in [0.3, 0.4) is 0 Å². The molecule has 2 aromatic rings. The standard InChI is InChI=1S/C18H19NO2/c1-15-9-11-17(12-10-15)19-14-18(20)21-13-5-8-16-6-3-2-4-7-16/h2-12,19H,13-14H2,1H3. The van der Waals surface area contributed by atoms with Gasteiger partial charge in [0.15, 0.2) is 0 Å². The fourth-order valence-corrected chi connectivity index (χ4v) is 1.79. The number of esters is 1. The van der Waals surface area contributed by atoms with E-state index in [2.05, 4.69) is 5.32 Å². The van der Waals surface area contributed by atoms with Crippen LogP contribution >= 0.6 is 0 Å². The topological polar surface area (TPSA) is 38.3 Å². The van der Waals surface area contributed by atoms with Gasteiger partial charge in [-0.05, 0) is 30.7 Å². The molecule has 3 nitrogen and oxygen atoms in total. The summed E-state index contributed by atoms with van der Waals surface area (Å²) in [7, 11) is 0. The average Bonchev–Trinajstić information content (AvgIpc) is 2.52. The molecule has 0 heterocycles. The molecule has 0 unspecified atom stereocenters. The quantitative estimate of drug-likeness (QED) is 0.821. The van der Waals surface area contributed by atoms with Crippen LogP contribution in [0.15, 0.2) is 60.7 Å². The minimum Gasteiger partial charge on any atom is -0.460 e. The van der Waals surface area contributed by atoms with Gasteiger partial charge in [0.25, 0.3) is 0 Å². The van der Waals surface area contributed by atoms with Gasteiger partial charge >= 0.3 is 5.97 Å². The van der Waals surface area contributed by atoms with E-state index in [1.165, 1.54) is 5.56 Å². The van der Waals surface area contributed by atoms with Crippen LogP contribution in [0.1, 0.15) is 11.1 Å². The summed E-state index contributed by atoms with van der Waals surface area (Å²) >= 11 is 0. The summed E-state index contributed by atoms with van der Waals surface area (Å²) in [5, 5.41) is 3.03. The second-order valence-electron chi connectivity index (χ2n) is 4.72. The van der Waals surface area contributed by atoms with Gasteiger partial charge in [-0.2, -0.15) is 0 Å². The molecule has 0 aliphatic rings. The smallest absolute Gasteiger partial charge is 0.325 e. The highest BCUT2D eigenvalue weighted by Gasteiger charge is 2.00. The Labute approximate surface area is 125 Å². The summed E-state index contributed by atoms with van der Waals surface area (Å²) in [4.78, 5) is 11.6. The first-order chi connectivity index (χ1) is 10.2. The van der Waals surface area contributed by atoms with E-state index < -0.39 is 0 Å². The van der Waals surface area contributed by atoms with Crippen LogP contribution in [0, 0.1) is 6.92 Å². The second kappa shape index (κ2) is 7.90. The zero-order chi connectivity index (χ0) is 14.9. The Hall–Kier alpha value is -2.55. The van der Waals surface area contributed by atoms with Crippen molar-refractivity contribution in [1.82, 2.24) is 0 Å². The Morgan fingerprint density at radius 3 is 2.52 bits per heavy atom. The van der Waals surface area contributed by atoms with Crippen molar-refractivity contribution in [2.45, 2.75) is 6.92 Å². The van der Waals surface area contributed by atoms with Gasteiger partial charge in [0.05, 0.1) is 0 Å². The van der Waals surface area contributed by atoms with Crippen LogP contribution in [-0.4, -0.2) is 19.1 Å². The fraction of sp³-hybridized carbons (Fsp3) is 0.167. The van der Waals surface area contributed by atoms with E-state index in [4.69, 9.17) is 4.74 Å². The third-order valence-corrected chi connectivity index (χ3v) is 2.94. The molecule has 1 N–H and O–H groups in total. The van der Waals surface area contributed by atoms with Gasteiger partial charge in [0, 0.05) is 5.69 Å². The molecule has 0 saturated heterocycles. The number of carbonyl (C=O) groups excluding carboxylic acids is 1. The number of carbonyl (C=O) groups is 1. The number of rotatable bonds is 6. The Morgan fingerprint density at radius 2 is 1.81 bits per heavy atom. The van der Waals surface area contributed by atoms with Gasteiger partial charge in [0.1, 0.15) is 13.2 Å². The number of benzene rings is 2. The summed E-state index contributed by atoms with van der Waals surface area (Å²) in [5.41, 5.74) is 3.19. The third kappa shape index (κ3) is 5.53. The molecule has 0 amide bonds. The SMILES string of the molecule is Cc1ccc(NCC(=O)OCC=Cc2ccccc2)cc1. The van der Waals surface area contributed by atoms with Gasteiger partial charge in [-0.25, -0.2) is 0 Å². The van der Waals surface area contributed by atoms with E-state index in [1.807, 2.05) is 73.7 Å².